The van der Waals surface area contributed by atoms with Crippen molar-refractivity contribution in [1.82, 2.24) is 10.6 Å². The number of ether oxygens (including phenoxy) is 7. The van der Waals surface area contributed by atoms with Gasteiger partial charge < -0.3 is 74.0 Å². The smallest absolute Gasteiger partial charge is 0.462 e. The number of rotatable bonds is 84. The van der Waals surface area contributed by atoms with Crippen molar-refractivity contribution in [3.8, 4) is 0 Å². The summed E-state index contributed by atoms with van der Waals surface area (Å²) in [6.07, 6.45) is 46.7. The molecule has 120 heavy (non-hydrogen) atoms. The van der Waals surface area contributed by atoms with Crippen molar-refractivity contribution in [3.05, 3.63) is 0 Å². The van der Waals surface area contributed by atoms with E-state index in [1.807, 2.05) is 0 Å². The molecule has 2 rings (SSSR count). The fourth-order valence-corrected chi connectivity index (χ4v) is 17.3. The number of hydrogen-bond donors (Lipinski definition) is 8. The molecule has 13 atom stereocenters. The third-order valence-corrected chi connectivity index (χ3v) is 24.6. The Morgan fingerprint density at radius 3 is 0.900 bits per heavy atom. The molecule has 2 aliphatic rings. The molecule has 0 saturated carbocycles. The maximum Gasteiger partial charge on any atom is 0.470 e. The summed E-state index contributed by atoms with van der Waals surface area (Å²) in [7, 11) is -5.58. The van der Waals surface area contributed by atoms with Gasteiger partial charge in [-0.3, -0.25) is 33.3 Å². The van der Waals surface area contributed by atoms with Gasteiger partial charge >= 0.3 is 31.7 Å². The molecule has 0 aromatic heterocycles. The number of unbranched alkanes of at least 4 members (excludes halogenated alkanes) is 54. The van der Waals surface area contributed by atoms with Gasteiger partial charge in [0.15, 0.2) is 18.7 Å². The number of carbonyl (C=O) groups is 6. The lowest BCUT2D eigenvalue weighted by atomic mass is 9.95. The van der Waals surface area contributed by atoms with E-state index in [9.17, 15) is 58.8 Å². The van der Waals surface area contributed by atoms with Crippen LogP contribution < -0.4 is 10.6 Å². The van der Waals surface area contributed by atoms with E-state index in [1.165, 1.54) is 173 Å². The highest BCUT2D eigenvalue weighted by Gasteiger charge is 2.53. The highest BCUT2D eigenvalue weighted by atomic mass is 31.2. The SMILES string of the molecule is CCCCCCCCCCCCCC(=O)O[C@H](CCCCCCCCCCC)CC(=O)N[C@H]1C(OC(=O)C[C@H](CCCCCCCCCCC)OC(=O)CCCCCCCCCCCCC)[C@H](OP(=O)(O)O)C(CO)O[C@H]1OCC1O[C@H](O)[C@@H](NC(=O)C[C@@H](CCCCCCCCCCC)OC(=O)CCCCCCCCCCCCC)C(O)[C@@H]1O. The first kappa shape index (κ1) is 113. The standard InChI is InChI=1S/C96H181N2O21P/c1-7-13-19-25-31-37-40-46-52-58-64-70-85(102)113-78(67-61-55-49-43-34-28-22-16-10-4)73-83(100)97-89-92(107)91(106)82(116-95(89)108)77-112-96-90(98-84(101)74-79(68-62-56-50-44-35-29-23-17-11-5)114-86(103)71-65-59-53-47-41-38-32-26-20-14-8-2)94(93(81(76-99)117-96)119-120(109,110)111)118-88(105)75-80(69-63-57-51-45-36-30-24-18-12-6)115-87(104)72-66-60-54-48-42-39-33-27-21-15-9-3/h78-82,89-96,99,106-108H,7-77H2,1-6H3,(H,97,100)(H,98,101)(H2,109,110,111)/t78-,79-,80+,81?,82?,89+,90+,91-,92?,93-,94?,95+,96-/m1/s1. The number of aliphatic hydroxyl groups is 4. The summed E-state index contributed by atoms with van der Waals surface area (Å²) >= 11 is 0. The van der Waals surface area contributed by atoms with Crippen LogP contribution in [0.3, 0.4) is 0 Å². The van der Waals surface area contributed by atoms with E-state index >= 15 is 4.79 Å². The number of phosphoric acid groups is 1. The first-order valence-corrected chi connectivity index (χ1v) is 51.4. The predicted molar refractivity (Wildman–Crippen MR) is 478 cm³/mol. The summed E-state index contributed by atoms with van der Waals surface area (Å²) in [6, 6.07) is -3.37. The lowest BCUT2D eigenvalue weighted by molar-refractivity contribution is -0.297. The van der Waals surface area contributed by atoms with Crippen molar-refractivity contribution >= 4 is 43.5 Å². The Labute approximate surface area is 729 Å². The zero-order valence-electron chi connectivity index (χ0n) is 77.0. The molecule has 2 fully saturated rings. The number of phosphoric ester groups is 1. The number of nitrogens with one attached hydrogen (secondary N) is 2. The number of aliphatic hydroxyl groups excluding tert-OH is 4. The van der Waals surface area contributed by atoms with Crippen molar-refractivity contribution in [2.45, 2.75) is 564 Å². The van der Waals surface area contributed by atoms with Crippen molar-refractivity contribution in [2.24, 2.45) is 0 Å². The summed E-state index contributed by atoms with van der Waals surface area (Å²) < 4.78 is 61.5. The Morgan fingerprint density at radius 2 is 0.608 bits per heavy atom. The normalized spacial score (nSPS) is 20.2. The van der Waals surface area contributed by atoms with E-state index in [0.29, 0.717) is 51.4 Å². The summed E-state index contributed by atoms with van der Waals surface area (Å²) in [4.78, 5) is 106. The number of esters is 4. The van der Waals surface area contributed by atoms with Gasteiger partial charge in [0, 0.05) is 19.3 Å². The number of amides is 2. The lowest BCUT2D eigenvalue weighted by Crippen LogP contribution is -2.67. The maximum absolute atomic E-state index is 15.0. The molecule has 24 heteroatoms. The fraction of sp³-hybridized carbons (Fsp3) is 0.938. The molecule has 2 amide bonds. The van der Waals surface area contributed by atoms with Crippen molar-refractivity contribution < 1.29 is 101 Å². The van der Waals surface area contributed by atoms with Gasteiger partial charge in [0.05, 0.1) is 32.5 Å². The van der Waals surface area contributed by atoms with Gasteiger partial charge in [0.1, 0.15) is 60.9 Å². The number of hydrogen-bond acceptors (Lipinski definition) is 19. The average Bonchev–Trinajstić information content (AvgIpc) is 0.778. The second-order valence-corrected chi connectivity index (χ2v) is 36.7. The maximum atomic E-state index is 15.0. The molecule has 0 aromatic carbocycles. The van der Waals surface area contributed by atoms with E-state index in [2.05, 4.69) is 52.2 Å². The van der Waals surface area contributed by atoms with Crippen LogP contribution in [0.1, 0.15) is 485 Å². The molecule has 23 nitrogen and oxygen atoms in total. The fourth-order valence-electron chi connectivity index (χ4n) is 16.7. The van der Waals surface area contributed by atoms with Gasteiger partial charge in [-0.05, 0) is 57.8 Å². The van der Waals surface area contributed by atoms with Crippen LogP contribution in [-0.4, -0.2) is 159 Å². The Balaban J connectivity index is 2.58. The van der Waals surface area contributed by atoms with E-state index in [0.717, 1.165) is 173 Å². The Hall–Kier alpha value is -3.35. The van der Waals surface area contributed by atoms with E-state index in [-0.39, 0.29) is 32.1 Å². The van der Waals surface area contributed by atoms with Gasteiger partial charge in [0.25, 0.3) is 0 Å². The summed E-state index contributed by atoms with van der Waals surface area (Å²) in [5.74, 6) is -3.84. The Kier molecular flexibility index (Phi) is 72.2. The molecule has 2 saturated heterocycles. The quantitative estimate of drug-likeness (QED) is 0.0121. The lowest BCUT2D eigenvalue weighted by Gasteiger charge is -2.46. The van der Waals surface area contributed by atoms with Gasteiger partial charge in [-0.1, -0.05) is 388 Å². The van der Waals surface area contributed by atoms with E-state index in [1.54, 1.807) is 0 Å². The van der Waals surface area contributed by atoms with Crippen molar-refractivity contribution in [3.63, 3.8) is 0 Å². The highest BCUT2D eigenvalue weighted by molar-refractivity contribution is 7.46. The minimum atomic E-state index is -5.58. The van der Waals surface area contributed by atoms with Crippen LogP contribution in [0, 0.1) is 0 Å². The summed E-state index contributed by atoms with van der Waals surface area (Å²) in [5, 5.41) is 51.8. The second-order valence-electron chi connectivity index (χ2n) is 35.5. The molecule has 2 heterocycles. The molecule has 0 radical (unpaired) electrons. The third-order valence-electron chi connectivity index (χ3n) is 24.1. The van der Waals surface area contributed by atoms with Crippen LogP contribution in [0.4, 0.5) is 0 Å². The van der Waals surface area contributed by atoms with Crippen LogP contribution in [0.5, 0.6) is 0 Å². The zero-order chi connectivity index (χ0) is 87.7. The molecule has 0 aliphatic carbocycles. The van der Waals surface area contributed by atoms with Crippen LogP contribution in [0.2, 0.25) is 0 Å². The highest BCUT2D eigenvalue weighted by Crippen LogP contribution is 2.43. The molecular formula is C96H181N2O21P. The first-order chi connectivity index (χ1) is 58.2. The zero-order valence-corrected chi connectivity index (χ0v) is 77.9. The molecule has 4 unspecified atom stereocenters. The van der Waals surface area contributed by atoms with Crippen molar-refractivity contribution in [2.75, 3.05) is 13.2 Å². The predicted octanol–water partition coefficient (Wildman–Crippen LogP) is 22.3. The van der Waals surface area contributed by atoms with Crippen molar-refractivity contribution in [1.29, 1.82) is 0 Å². The molecule has 706 valence electrons. The minimum Gasteiger partial charge on any atom is -0.462 e. The van der Waals surface area contributed by atoms with Gasteiger partial charge in [-0.15, -0.1) is 0 Å². The topological polar surface area (TPSA) is 339 Å². The number of carbonyl (C=O) groups excluding carboxylic acids is 6. The first-order valence-electron chi connectivity index (χ1n) is 49.9. The monoisotopic (exact) mass is 1730 g/mol. The van der Waals surface area contributed by atoms with Gasteiger partial charge in [0.2, 0.25) is 11.8 Å². The molecular weight excluding hydrogens is 1550 g/mol. The van der Waals surface area contributed by atoms with Crippen LogP contribution in [0.15, 0.2) is 0 Å². The minimum absolute atomic E-state index is 0.124. The van der Waals surface area contributed by atoms with Crippen LogP contribution >= 0.6 is 7.82 Å². The average molecular weight is 1730 g/mol. The summed E-state index contributed by atoms with van der Waals surface area (Å²) in [5.41, 5.74) is 0. The molecule has 2 aliphatic heterocycles. The van der Waals surface area contributed by atoms with Crippen LogP contribution in [-0.2, 0) is 71.0 Å². The van der Waals surface area contributed by atoms with Gasteiger partial charge in [-0.25, -0.2) is 4.57 Å². The largest absolute Gasteiger partial charge is 0.470 e. The third kappa shape index (κ3) is 60.3. The Morgan fingerprint density at radius 1 is 0.333 bits per heavy atom. The molecule has 0 spiro atoms. The van der Waals surface area contributed by atoms with E-state index < -0.39 is 149 Å². The molecule has 8 N–H and O–H groups in total. The van der Waals surface area contributed by atoms with Crippen LogP contribution in [0.25, 0.3) is 0 Å². The molecule has 0 aromatic rings. The Bertz CT molecular complexity index is 2510. The second kappa shape index (κ2) is 76.8. The van der Waals surface area contributed by atoms with Gasteiger partial charge in [-0.2, -0.15) is 0 Å². The summed E-state index contributed by atoms with van der Waals surface area (Å²) in [6.45, 7) is 11.4. The molecule has 0 bridgehead atoms. The van der Waals surface area contributed by atoms with E-state index in [4.69, 9.17) is 37.7 Å².